The largest absolute Gasteiger partial charge is 0.375 e. The molecule has 0 radical (unpaired) electrons. The van der Waals surface area contributed by atoms with E-state index < -0.39 is 0 Å². The van der Waals surface area contributed by atoms with E-state index in [9.17, 15) is 0 Å². The summed E-state index contributed by atoms with van der Waals surface area (Å²) in [7, 11) is 0. The molecule has 1 saturated heterocycles. The predicted octanol–water partition coefficient (Wildman–Crippen LogP) is 5.09. The number of ether oxygens (including phenoxy) is 1. The second-order valence-corrected chi connectivity index (χ2v) is 8.43. The molecular weight excluding hydrogens is 306 g/mol. The number of benzene rings is 1. The molecule has 2 aliphatic rings. The number of rotatable bonds is 5. The Bertz CT molecular complexity index is 505. The van der Waals surface area contributed by atoms with Crippen molar-refractivity contribution in [1.29, 1.82) is 0 Å². The van der Waals surface area contributed by atoms with Gasteiger partial charge in [0.2, 0.25) is 0 Å². The van der Waals surface area contributed by atoms with Crippen molar-refractivity contribution in [3.8, 4) is 0 Å². The van der Waals surface area contributed by atoms with E-state index in [4.69, 9.17) is 16.3 Å². The third kappa shape index (κ3) is 4.29. The Hall–Kier alpha value is -0.570. The minimum Gasteiger partial charge on any atom is -0.375 e. The lowest BCUT2D eigenvalue weighted by Gasteiger charge is -2.37. The van der Waals surface area contributed by atoms with Gasteiger partial charge >= 0.3 is 0 Å². The first-order chi connectivity index (χ1) is 11.0. The number of hydrogen-bond donors (Lipinski definition) is 1. The van der Waals surface area contributed by atoms with Gasteiger partial charge in [0.1, 0.15) is 0 Å². The lowest BCUT2D eigenvalue weighted by Crippen LogP contribution is -2.44. The number of halogens is 1. The normalized spacial score (nSPS) is 26.3. The Morgan fingerprint density at radius 3 is 2.52 bits per heavy atom. The van der Waals surface area contributed by atoms with Crippen molar-refractivity contribution in [1.82, 2.24) is 5.32 Å². The van der Waals surface area contributed by atoms with Crippen molar-refractivity contribution in [2.24, 2.45) is 0 Å². The molecule has 1 aromatic rings. The van der Waals surface area contributed by atoms with E-state index in [-0.39, 0.29) is 5.60 Å². The van der Waals surface area contributed by atoms with Crippen molar-refractivity contribution in [3.63, 3.8) is 0 Å². The Kier molecular flexibility index (Phi) is 5.35. The summed E-state index contributed by atoms with van der Waals surface area (Å²) in [6.07, 6.45) is 8.82. The first-order valence-electron chi connectivity index (χ1n) is 9.13. The second-order valence-electron chi connectivity index (χ2n) is 8.00. The Morgan fingerprint density at radius 1 is 1.17 bits per heavy atom. The molecule has 2 fully saturated rings. The molecular formula is C20H30ClNO. The van der Waals surface area contributed by atoms with E-state index in [2.05, 4.69) is 31.3 Å². The van der Waals surface area contributed by atoms with Gasteiger partial charge in [-0.3, -0.25) is 0 Å². The van der Waals surface area contributed by atoms with Crippen molar-refractivity contribution in [2.75, 3.05) is 13.2 Å². The van der Waals surface area contributed by atoms with Crippen LogP contribution in [0.15, 0.2) is 24.3 Å². The maximum Gasteiger partial charge on any atom is 0.0641 e. The number of nitrogens with one attached hydrogen (secondary N) is 1. The third-order valence-electron chi connectivity index (χ3n) is 5.75. The van der Waals surface area contributed by atoms with Crippen LogP contribution in [0.3, 0.4) is 0 Å². The lowest BCUT2D eigenvalue weighted by atomic mass is 9.76. The van der Waals surface area contributed by atoms with Gasteiger partial charge in [0, 0.05) is 17.7 Å². The van der Waals surface area contributed by atoms with E-state index >= 15 is 0 Å². The Labute approximate surface area is 145 Å². The summed E-state index contributed by atoms with van der Waals surface area (Å²) in [5.74, 6) is 0. The predicted molar refractivity (Wildman–Crippen MR) is 97.3 cm³/mol. The molecule has 1 saturated carbocycles. The molecule has 2 nitrogen and oxygen atoms in total. The molecule has 1 aromatic carbocycles. The SMILES string of the molecule is CC1(C)C[C@H](NCCC2(c3ccc(Cl)cc3)CCCC2)CCO1. The number of hydrogen-bond acceptors (Lipinski definition) is 2. The highest BCUT2D eigenvalue weighted by Gasteiger charge is 2.35. The van der Waals surface area contributed by atoms with Crippen LogP contribution in [-0.2, 0) is 10.2 Å². The molecule has 128 valence electrons. The van der Waals surface area contributed by atoms with Crippen LogP contribution in [0.2, 0.25) is 5.02 Å². The third-order valence-corrected chi connectivity index (χ3v) is 6.00. The minimum absolute atomic E-state index is 0.0249. The van der Waals surface area contributed by atoms with Crippen LogP contribution < -0.4 is 5.32 Å². The zero-order valence-electron chi connectivity index (χ0n) is 14.5. The Balaban J connectivity index is 1.59. The van der Waals surface area contributed by atoms with Gasteiger partial charge in [-0.2, -0.15) is 0 Å². The van der Waals surface area contributed by atoms with Crippen molar-refractivity contribution in [3.05, 3.63) is 34.9 Å². The summed E-state index contributed by atoms with van der Waals surface area (Å²) in [4.78, 5) is 0. The van der Waals surface area contributed by atoms with Gasteiger partial charge < -0.3 is 10.1 Å². The van der Waals surface area contributed by atoms with Gasteiger partial charge in [-0.05, 0) is 75.6 Å². The quantitative estimate of drug-likeness (QED) is 0.809. The molecule has 0 unspecified atom stereocenters. The molecule has 1 aliphatic heterocycles. The van der Waals surface area contributed by atoms with Crippen molar-refractivity contribution >= 4 is 11.6 Å². The topological polar surface area (TPSA) is 21.3 Å². The second kappa shape index (κ2) is 7.13. The highest BCUT2D eigenvalue weighted by molar-refractivity contribution is 6.30. The van der Waals surface area contributed by atoms with E-state index in [0.29, 0.717) is 11.5 Å². The summed E-state index contributed by atoms with van der Waals surface area (Å²) in [5.41, 5.74) is 1.86. The lowest BCUT2D eigenvalue weighted by molar-refractivity contribution is -0.0629. The zero-order valence-corrected chi connectivity index (χ0v) is 15.3. The van der Waals surface area contributed by atoms with Crippen LogP contribution in [-0.4, -0.2) is 24.8 Å². The molecule has 0 aromatic heterocycles. The fourth-order valence-electron chi connectivity index (χ4n) is 4.46. The fraction of sp³-hybridized carbons (Fsp3) is 0.700. The molecule has 3 rings (SSSR count). The van der Waals surface area contributed by atoms with E-state index in [1.54, 1.807) is 0 Å². The molecule has 3 heteroatoms. The molecule has 23 heavy (non-hydrogen) atoms. The average Bonchev–Trinajstić information content (AvgIpc) is 2.97. The summed E-state index contributed by atoms with van der Waals surface area (Å²) < 4.78 is 5.82. The summed E-state index contributed by atoms with van der Waals surface area (Å²) in [5, 5.41) is 4.64. The molecule has 0 amide bonds. The van der Waals surface area contributed by atoms with Gasteiger partial charge in [-0.1, -0.05) is 36.6 Å². The maximum absolute atomic E-state index is 6.07. The summed E-state index contributed by atoms with van der Waals surface area (Å²) in [6.45, 7) is 6.39. The van der Waals surface area contributed by atoms with Crippen LogP contribution in [0, 0.1) is 0 Å². The standard InChI is InChI=1S/C20H30ClNO/c1-19(2)15-18(9-14-23-19)22-13-12-20(10-3-4-11-20)16-5-7-17(21)8-6-16/h5-8,18,22H,3-4,9-15H2,1-2H3/t18-/m1/s1. The fourth-order valence-corrected chi connectivity index (χ4v) is 4.59. The van der Waals surface area contributed by atoms with Gasteiger partial charge in [0.15, 0.2) is 0 Å². The van der Waals surface area contributed by atoms with Crippen LogP contribution in [0.5, 0.6) is 0 Å². The molecule has 0 spiro atoms. The van der Waals surface area contributed by atoms with E-state index in [0.717, 1.165) is 31.0 Å². The monoisotopic (exact) mass is 335 g/mol. The highest BCUT2D eigenvalue weighted by atomic mass is 35.5. The first kappa shape index (κ1) is 17.3. The van der Waals surface area contributed by atoms with Gasteiger partial charge in [-0.25, -0.2) is 0 Å². The van der Waals surface area contributed by atoms with Gasteiger partial charge in [0.05, 0.1) is 5.60 Å². The summed E-state index contributed by atoms with van der Waals surface area (Å²) >= 11 is 6.07. The van der Waals surface area contributed by atoms with E-state index in [1.165, 1.54) is 37.7 Å². The smallest absolute Gasteiger partial charge is 0.0641 e. The van der Waals surface area contributed by atoms with Crippen LogP contribution >= 0.6 is 11.6 Å². The van der Waals surface area contributed by atoms with Crippen LogP contribution in [0.25, 0.3) is 0 Å². The maximum atomic E-state index is 6.07. The average molecular weight is 336 g/mol. The van der Waals surface area contributed by atoms with Crippen molar-refractivity contribution < 1.29 is 4.74 Å². The Morgan fingerprint density at radius 2 is 1.87 bits per heavy atom. The van der Waals surface area contributed by atoms with Gasteiger partial charge in [-0.15, -0.1) is 0 Å². The highest BCUT2D eigenvalue weighted by Crippen LogP contribution is 2.44. The molecule has 1 heterocycles. The van der Waals surface area contributed by atoms with Crippen molar-refractivity contribution in [2.45, 2.75) is 75.9 Å². The summed E-state index contributed by atoms with van der Waals surface area (Å²) in [6, 6.07) is 9.18. The molecule has 1 N–H and O–H groups in total. The molecule has 0 bridgehead atoms. The molecule has 1 atom stereocenters. The van der Waals surface area contributed by atoms with E-state index in [1.807, 2.05) is 12.1 Å². The first-order valence-corrected chi connectivity index (χ1v) is 9.50. The van der Waals surface area contributed by atoms with Crippen LogP contribution in [0.1, 0.15) is 64.4 Å². The van der Waals surface area contributed by atoms with Gasteiger partial charge in [0.25, 0.3) is 0 Å². The minimum atomic E-state index is 0.0249. The zero-order chi connectivity index (χ0) is 16.3. The molecule has 1 aliphatic carbocycles. The van der Waals surface area contributed by atoms with Crippen LogP contribution in [0.4, 0.5) is 0 Å².